The molecule has 0 aromatic heterocycles. The second-order valence-electron chi connectivity index (χ2n) is 4.76. The van der Waals surface area contributed by atoms with Crippen molar-refractivity contribution in [2.75, 3.05) is 27.2 Å². The van der Waals surface area contributed by atoms with Crippen LogP contribution in [-0.4, -0.2) is 49.2 Å². The van der Waals surface area contributed by atoms with E-state index in [4.69, 9.17) is 5.11 Å². The van der Waals surface area contributed by atoms with E-state index in [1.54, 1.807) is 0 Å². The van der Waals surface area contributed by atoms with E-state index in [9.17, 15) is 4.79 Å². The molecule has 0 radical (unpaired) electrons. The molecule has 0 fully saturated rings. The summed E-state index contributed by atoms with van der Waals surface area (Å²) in [6, 6.07) is 0.377. The van der Waals surface area contributed by atoms with Gasteiger partial charge in [-0.15, -0.1) is 0 Å². The zero-order valence-electron chi connectivity index (χ0n) is 11.0. The Morgan fingerprint density at radius 1 is 1.31 bits per heavy atom. The van der Waals surface area contributed by atoms with Crippen molar-refractivity contribution in [2.24, 2.45) is 5.92 Å². The van der Waals surface area contributed by atoms with E-state index >= 15 is 0 Å². The first-order chi connectivity index (χ1) is 7.49. The van der Waals surface area contributed by atoms with E-state index in [2.05, 4.69) is 24.1 Å². The SMILES string of the molecule is CC(C)C(CNC(=O)CCCCO)N(C)C. The Kier molecular flexibility index (Phi) is 8.21. The first kappa shape index (κ1) is 15.4. The summed E-state index contributed by atoms with van der Waals surface area (Å²) < 4.78 is 0. The van der Waals surface area contributed by atoms with Crippen LogP contribution >= 0.6 is 0 Å². The van der Waals surface area contributed by atoms with Gasteiger partial charge in [0, 0.05) is 25.6 Å². The highest BCUT2D eigenvalue weighted by Crippen LogP contribution is 2.06. The molecule has 0 saturated heterocycles. The average molecular weight is 230 g/mol. The Morgan fingerprint density at radius 3 is 2.38 bits per heavy atom. The molecule has 0 saturated carbocycles. The molecular weight excluding hydrogens is 204 g/mol. The highest BCUT2D eigenvalue weighted by molar-refractivity contribution is 5.75. The number of aliphatic hydroxyl groups is 1. The summed E-state index contributed by atoms with van der Waals surface area (Å²) in [4.78, 5) is 13.6. The van der Waals surface area contributed by atoms with E-state index in [0.29, 0.717) is 31.3 Å². The molecule has 16 heavy (non-hydrogen) atoms. The highest BCUT2D eigenvalue weighted by Gasteiger charge is 2.16. The molecular formula is C12H26N2O2. The smallest absolute Gasteiger partial charge is 0.220 e. The molecule has 1 atom stereocenters. The van der Waals surface area contributed by atoms with E-state index < -0.39 is 0 Å². The number of nitrogens with one attached hydrogen (secondary N) is 1. The van der Waals surface area contributed by atoms with Crippen molar-refractivity contribution in [3.05, 3.63) is 0 Å². The highest BCUT2D eigenvalue weighted by atomic mass is 16.2. The zero-order chi connectivity index (χ0) is 12.6. The fraction of sp³-hybridized carbons (Fsp3) is 0.917. The van der Waals surface area contributed by atoms with Crippen LogP contribution in [0.3, 0.4) is 0 Å². The number of hydrogen-bond acceptors (Lipinski definition) is 3. The van der Waals surface area contributed by atoms with Crippen molar-refractivity contribution in [2.45, 2.75) is 39.2 Å². The molecule has 0 aliphatic heterocycles. The van der Waals surface area contributed by atoms with Crippen LogP contribution in [-0.2, 0) is 4.79 Å². The van der Waals surface area contributed by atoms with Crippen LogP contribution in [0.25, 0.3) is 0 Å². The fourth-order valence-electron chi connectivity index (χ4n) is 1.72. The third kappa shape index (κ3) is 6.80. The summed E-state index contributed by atoms with van der Waals surface area (Å²) in [5.74, 6) is 0.605. The molecule has 0 rings (SSSR count). The summed E-state index contributed by atoms with van der Waals surface area (Å²) in [6.45, 7) is 5.17. The maximum atomic E-state index is 11.5. The van der Waals surface area contributed by atoms with E-state index in [1.807, 2.05) is 14.1 Å². The molecule has 1 unspecified atom stereocenters. The van der Waals surface area contributed by atoms with Gasteiger partial charge in [0.1, 0.15) is 0 Å². The number of amides is 1. The maximum absolute atomic E-state index is 11.5. The van der Waals surface area contributed by atoms with Gasteiger partial charge < -0.3 is 15.3 Å². The number of hydrogen-bond donors (Lipinski definition) is 2. The summed E-state index contributed by atoms with van der Waals surface area (Å²) in [6.07, 6.45) is 1.98. The number of unbranched alkanes of at least 4 members (excludes halogenated alkanes) is 1. The largest absolute Gasteiger partial charge is 0.396 e. The molecule has 0 aromatic rings. The molecule has 4 heteroatoms. The number of nitrogens with zero attached hydrogens (tertiary/aromatic N) is 1. The molecule has 0 spiro atoms. The summed E-state index contributed by atoms with van der Waals surface area (Å²) in [5, 5.41) is 11.5. The molecule has 0 bridgehead atoms. The second-order valence-corrected chi connectivity index (χ2v) is 4.76. The number of aliphatic hydroxyl groups excluding tert-OH is 1. The van der Waals surface area contributed by atoms with Gasteiger partial charge in [-0.3, -0.25) is 4.79 Å². The lowest BCUT2D eigenvalue weighted by molar-refractivity contribution is -0.121. The van der Waals surface area contributed by atoms with Crippen LogP contribution in [0.15, 0.2) is 0 Å². The Bertz CT molecular complexity index is 185. The lowest BCUT2D eigenvalue weighted by Crippen LogP contribution is -2.43. The number of rotatable bonds is 8. The third-order valence-electron chi connectivity index (χ3n) is 2.75. The van der Waals surface area contributed by atoms with Gasteiger partial charge in [0.05, 0.1) is 0 Å². The molecule has 0 aliphatic carbocycles. The molecule has 2 N–H and O–H groups in total. The van der Waals surface area contributed by atoms with Crippen molar-refractivity contribution >= 4 is 5.91 Å². The predicted octanol–water partition coefficient (Wildman–Crippen LogP) is 0.851. The van der Waals surface area contributed by atoms with Crippen molar-refractivity contribution in [3.63, 3.8) is 0 Å². The quantitative estimate of drug-likeness (QED) is 0.608. The minimum absolute atomic E-state index is 0.0842. The van der Waals surface area contributed by atoms with Crippen LogP contribution in [0.5, 0.6) is 0 Å². The van der Waals surface area contributed by atoms with Crippen LogP contribution in [0.1, 0.15) is 33.1 Å². The second kappa shape index (κ2) is 8.53. The Balaban J connectivity index is 3.79. The Labute approximate surface area is 99.0 Å². The van der Waals surface area contributed by atoms with Gasteiger partial charge in [0.15, 0.2) is 0 Å². The summed E-state index contributed by atoms with van der Waals surface area (Å²) >= 11 is 0. The molecule has 96 valence electrons. The van der Waals surface area contributed by atoms with Crippen molar-refractivity contribution in [3.8, 4) is 0 Å². The van der Waals surface area contributed by atoms with Crippen LogP contribution in [0.4, 0.5) is 0 Å². The van der Waals surface area contributed by atoms with Gasteiger partial charge in [-0.1, -0.05) is 13.8 Å². The van der Waals surface area contributed by atoms with Crippen LogP contribution in [0, 0.1) is 5.92 Å². The van der Waals surface area contributed by atoms with E-state index in [0.717, 1.165) is 6.42 Å². The van der Waals surface area contributed by atoms with E-state index in [1.165, 1.54) is 0 Å². The minimum atomic E-state index is 0.0842. The fourth-order valence-corrected chi connectivity index (χ4v) is 1.72. The average Bonchev–Trinajstić information content (AvgIpc) is 2.17. The first-order valence-electron chi connectivity index (χ1n) is 6.03. The van der Waals surface area contributed by atoms with Gasteiger partial charge in [-0.25, -0.2) is 0 Å². The van der Waals surface area contributed by atoms with Crippen molar-refractivity contribution in [1.82, 2.24) is 10.2 Å². The first-order valence-corrected chi connectivity index (χ1v) is 6.03. The Hall–Kier alpha value is -0.610. The molecule has 0 heterocycles. The molecule has 1 amide bonds. The van der Waals surface area contributed by atoms with Crippen LogP contribution in [0.2, 0.25) is 0 Å². The maximum Gasteiger partial charge on any atom is 0.220 e. The predicted molar refractivity (Wildman–Crippen MR) is 66.3 cm³/mol. The van der Waals surface area contributed by atoms with Gasteiger partial charge in [0.2, 0.25) is 5.91 Å². The van der Waals surface area contributed by atoms with Gasteiger partial charge in [-0.2, -0.15) is 0 Å². The molecule has 0 aliphatic rings. The van der Waals surface area contributed by atoms with Crippen molar-refractivity contribution < 1.29 is 9.90 Å². The molecule has 4 nitrogen and oxygen atoms in total. The number of carbonyl (C=O) groups excluding carboxylic acids is 1. The summed E-state index contributed by atoms with van der Waals surface area (Å²) in [7, 11) is 4.06. The number of carbonyl (C=O) groups is 1. The van der Waals surface area contributed by atoms with Gasteiger partial charge in [-0.05, 0) is 32.9 Å². The van der Waals surface area contributed by atoms with E-state index in [-0.39, 0.29) is 12.5 Å². The summed E-state index contributed by atoms with van der Waals surface area (Å²) in [5.41, 5.74) is 0. The number of likely N-dealkylation sites (N-methyl/N-ethyl adjacent to an activating group) is 1. The standard InChI is InChI=1S/C12H26N2O2/c1-10(2)11(14(3)4)9-13-12(16)7-5-6-8-15/h10-11,15H,5-9H2,1-4H3,(H,13,16). The molecule has 0 aromatic carbocycles. The van der Waals surface area contributed by atoms with Crippen LogP contribution < -0.4 is 5.32 Å². The zero-order valence-corrected chi connectivity index (χ0v) is 11.0. The van der Waals surface area contributed by atoms with Crippen molar-refractivity contribution in [1.29, 1.82) is 0 Å². The third-order valence-corrected chi connectivity index (χ3v) is 2.75. The van der Waals surface area contributed by atoms with Gasteiger partial charge >= 0.3 is 0 Å². The normalized spacial score (nSPS) is 13.2. The Morgan fingerprint density at radius 2 is 1.94 bits per heavy atom. The lowest BCUT2D eigenvalue weighted by Gasteiger charge is -2.28. The van der Waals surface area contributed by atoms with Gasteiger partial charge in [0.25, 0.3) is 0 Å². The minimum Gasteiger partial charge on any atom is -0.396 e. The topological polar surface area (TPSA) is 52.6 Å². The monoisotopic (exact) mass is 230 g/mol. The lowest BCUT2D eigenvalue weighted by atomic mass is 10.0.